The summed E-state index contributed by atoms with van der Waals surface area (Å²) in [6.07, 6.45) is 0. The Balaban J connectivity index is 1.51. The number of hydrogen-bond donors (Lipinski definition) is 0. The maximum Gasteiger partial charge on any atom is 0.213 e. The van der Waals surface area contributed by atoms with Crippen LogP contribution in [0.5, 0.6) is 11.6 Å². The van der Waals surface area contributed by atoms with Gasteiger partial charge in [-0.05, 0) is 45.8 Å². The third-order valence-electron chi connectivity index (χ3n) is 5.37. The van der Waals surface area contributed by atoms with Gasteiger partial charge in [0, 0.05) is 28.5 Å². The van der Waals surface area contributed by atoms with Crippen molar-refractivity contribution in [2.24, 2.45) is 7.05 Å². The zero-order chi connectivity index (χ0) is 22.6. The maximum absolute atomic E-state index is 6.05. The van der Waals surface area contributed by atoms with Gasteiger partial charge in [0.1, 0.15) is 24.7 Å². The molecule has 3 aromatic carbocycles. The van der Waals surface area contributed by atoms with Crippen LogP contribution in [0, 0.1) is 0 Å². The van der Waals surface area contributed by atoms with Crippen LogP contribution in [0.1, 0.15) is 11.3 Å². The molecule has 0 saturated heterocycles. The second-order valence-electron chi connectivity index (χ2n) is 7.63. The van der Waals surface area contributed by atoms with Crippen molar-refractivity contribution in [1.29, 1.82) is 0 Å². The largest absolute Gasteiger partial charge is 0.487 e. The van der Waals surface area contributed by atoms with Gasteiger partial charge in [-0.1, -0.05) is 60.7 Å². The van der Waals surface area contributed by atoms with Gasteiger partial charge in [-0.25, -0.2) is 4.98 Å². The highest BCUT2D eigenvalue weighted by Crippen LogP contribution is 2.34. The number of halogens is 1. The highest BCUT2D eigenvalue weighted by Gasteiger charge is 2.18. The van der Waals surface area contributed by atoms with Gasteiger partial charge in [-0.2, -0.15) is 5.10 Å². The quantitative estimate of drug-likeness (QED) is 0.254. The number of nitrogens with zero attached hydrogens (tertiary/aromatic N) is 3. The summed E-state index contributed by atoms with van der Waals surface area (Å²) < 4.78 is 14.9. The molecule has 2 heterocycles. The van der Waals surface area contributed by atoms with E-state index in [-0.39, 0.29) is 0 Å². The molecule has 0 amide bonds. The molecule has 164 valence electrons. The first kappa shape index (κ1) is 21.2. The van der Waals surface area contributed by atoms with Crippen LogP contribution in [0.4, 0.5) is 0 Å². The third kappa shape index (κ3) is 4.61. The van der Waals surface area contributed by atoms with Crippen LogP contribution in [0.2, 0.25) is 0 Å². The number of hydrogen-bond acceptors (Lipinski definition) is 4. The standard InChI is InChI=1S/C27H22BrN3O2/c1-31-27-22(13-8-14-23(27)28)26(30-31)21-15-16-25(33-17-19-9-4-2-5-10-19)29-24(21)18-32-20-11-6-3-7-12-20/h2-16H,17-18H2,1H3. The van der Waals surface area contributed by atoms with E-state index in [9.17, 15) is 0 Å². The van der Waals surface area contributed by atoms with E-state index in [0.29, 0.717) is 19.1 Å². The molecule has 5 aromatic rings. The molecule has 5 nitrogen and oxygen atoms in total. The van der Waals surface area contributed by atoms with Crippen LogP contribution in [0.3, 0.4) is 0 Å². The Morgan fingerprint density at radius 2 is 1.55 bits per heavy atom. The molecular weight excluding hydrogens is 478 g/mol. The monoisotopic (exact) mass is 499 g/mol. The van der Waals surface area contributed by atoms with Gasteiger partial charge in [0.05, 0.1) is 11.2 Å². The van der Waals surface area contributed by atoms with Crippen LogP contribution >= 0.6 is 15.9 Å². The van der Waals surface area contributed by atoms with Crippen molar-refractivity contribution in [2.75, 3.05) is 0 Å². The summed E-state index contributed by atoms with van der Waals surface area (Å²) in [5.74, 6) is 1.34. The Morgan fingerprint density at radius 3 is 2.33 bits per heavy atom. The van der Waals surface area contributed by atoms with Crippen molar-refractivity contribution in [3.8, 4) is 22.9 Å². The Kier molecular flexibility index (Phi) is 6.09. The van der Waals surface area contributed by atoms with Gasteiger partial charge in [0.25, 0.3) is 0 Å². The second kappa shape index (κ2) is 9.46. The molecule has 0 aliphatic carbocycles. The van der Waals surface area contributed by atoms with Crippen molar-refractivity contribution >= 4 is 26.8 Å². The molecule has 0 N–H and O–H groups in total. The summed E-state index contributed by atoms with van der Waals surface area (Å²) >= 11 is 3.65. The summed E-state index contributed by atoms with van der Waals surface area (Å²) in [6, 6.07) is 29.8. The molecule has 0 atom stereocenters. The lowest BCUT2D eigenvalue weighted by Crippen LogP contribution is -2.04. The topological polar surface area (TPSA) is 49.2 Å². The summed E-state index contributed by atoms with van der Waals surface area (Å²) in [5, 5.41) is 5.86. The van der Waals surface area contributed by atoms with E-state index in [1.165, 1.54) is 0 Å². The highest BCUT2D eigenvalue weighted by molar-refractivity contribution is 9.10. The summed E-state index contributed by atoms with van der Waals surface area (Å²) in [6.45, 7) is 0.750. The van der Waals surface area contributed by atoms with E-state index >= 15 is 0 Å². The molecule has 0 spiro atoms. The van der Waals surface area contributed by atoms with E-state index < -0.39 is 0 Å². The van der Waals surface area contributed by atoms with Crippen molar-refractivity contribution in [3.63, 3.8) is 0 Å². The third-order valence-corrected chi connectivity index (χ3v) is 6.01. The minimum absolute atomic E-state index is 0.300. The first-order chi connectivity index (χ1) is 16.2. The Labute approximate surface area is 200 Å². The predicted octanol–water partition coefficient (Wildman–Crippen LogP) is 6.56. The lowest BCUT2D eigenvalue weighted by molar-refractivity contribution is 0.280. The fourth-order valence-corrected chi connectivity index (χ4v) is 4.40. The Bertz CT molecular complexity index is 1390. The van der Waals surface area contributed by atoms with Gasteiger partial charge < -0.3 is 9.47 Å². The van der Waals surface area contributed by atoms with E-state index in [1.54, 1.807) is 0 Å². The van der Waals surface area contributed by atoms with Gasteiger partial charge >= 0.3 is 0 Å². The van der Waals surface area contributed by atoms with E-state index in [2.05, 4.69) is 22.0 Å². The van der Waals surface area contributed by atoms with Crippen molar-refractivity contribution in [2.45, 2.75) is 13.2 Å². The zero-order valence-corrected chi connectivity index (χ0v) is 19.7. The molecule has 0 bridgehead atoms. The molecule has 0 unspecified atom stereocenters. The number of fused-ring (bicyclic) bond motifs is 1. The molecule has 0 aliphatic heterocycles. The first-order valence-electron chi connectivity index (χ1n) is 10.6. The van der Waals surface area contributed by atoms with Gasteiger partial charge in [0.15, 0.2) is 0 Å². The van der Waals surface area contributed by atoms with E-state index in [1.807, 2.05) is 96.7 Å². The number of benzene rings is 3. The Hall–Kier alpha value is -3.64. The summed E-state index contributed by atoms with van der Waals surface area (Å²) in [7, 11) is 1.95. The fourth-order valence-electron chi connectivity index (χ4n) is 3.78. The predicted molar refractivity (Wildman–Crippen MR) is 133 cm³/mol. The van der Waals surface area contributed by atoms with Crippen molar-refractivity contribution in [3.05, 3.63) is 107 Å². The molecule has 6 heteroatoms. The molecular formula is C27H22BrN3O2. The minimum Gasteiger partial charge on any atom is -0.487 e. The molecule has 0 radical (unpaired) electrons. The van der Waals surface area contributed by atoms with Gasteiger partial charge in [-0.3, -0.25) is 4.68 Å². The van der Waals surface area contributed by atoms with E-state index in [0.717, 1.165) is 43.6 Å². The van der Waals surface area contributed by atoms with Crippen LogP contribution in [-0.2, 0) is 20.3 Å². The fraction of sp³-hybridized carbons (Fsp3) is 0.111. The average Bonchev–Trinajstić information content (AvgIpc) is 3.20. The normalized spacial score (nSPS) is 11.0. The number of pyridine rings is 1. The SMILES string of the molecule is Cn1nc(-c2ccc(OCc3ccccc3)nc2COc2ccccc2)c2cccc(Br)c21. The molecule has 0 aliphatic rings. The summed E-state index contributed by atoms with van der Waals surface area (Å²) in [5.41, 5.74) is 4.67. The van der Waals surface area contributed by atoms with Gasteiger partial charge in [0.2, 0.25) is 5.88 Å². The van der Waals surface area contributed by atoms with Crippen molar-refractivity contribution < 1.29 is 9.47 Å². The van der Waals surface area contributed by atoms with Crippen molar-refractivity contribution in [1.82, 2.24) is 14.8 Å². The minimum atomic E-state index is 0.300. The molecule has 0 saturated carbocycles. The number of aromatic nitrogens is 3. The van der Waals surface area contributed by atoms with Gasteiger partial charge in [-0.15, -0.1) is 0 Å². The van der Waals surface area contributed by atoms with Crippen LogP contribution < -0.4 is 9.47 Å². The van der Waals surface area contributed by atoms with Crippen LogP contribution in [0.15, 0.2) is 95.5 Å². The smallest absolute Gasteiger partial charge is 0.213 e. The van der Waals surface area contributed by atoms with E-state index in [4.69, 9.17) is 19.6 Å². The van der Waals surface area contributed by atoms with Crippen LogP contribution in [-0.4, -0.2) is 14.8 Å². The lowest BCUT2D eigenvalue weighted by Gasteiger charge is -2.12. The zero-order valence-electron chi connectivity index (χ0n) is 18.1. The molecule has 33 heavy (non-hydrogen) atoms. The number of para-hydroxylation sites is 2. The lowest BCUT2D eigenvalue weighted by atomic mass is 10.1. The second-order valence-corrected chi connectivity index (χ2v) is 8.48. The number of ether oxygens (including phenoxy) is 2. The Morgan fingerprint density at radius 1 is 0.788 bits per heavy atom. The first-order valence-corrected chi connectivity index (χ1v) is 11.4. The average molecular weight is 500 g/mol. The highest BCUT2D eigenvalue weighted by atomic mass is 79.9. The molecule has 0 fully saturated rings. The number of aryl methyl sites for hydroxylation is 1. The molecule has 2 aromatic heterocycles. The van der Waals surface area contributed by atoms with Crippen LogP contribution in [0.25, 0.3) is 22.2 Å². The molecule has 5 rings (SSSR count). The maximum atomic E-state index is 6.05. The number of rotatable bonds is 7. The summed E-state index contributed by atoms with van der Waals surface area (Å²) in [4.78, 5) is 4.81.